The van der Waals surface area contributed by atoms with E-state index in [-0.39, 0.29) is 5.41 Å². The van der Waals surface area contributed by atoms with Gasteiger partial charge in [0.25, 0.3) is 0 Å². The third kappa shape index (κ3) is 2.98. The first kappa shape index (κ1) is 17.4. The van der Waals surface area contributed by atoms with Crippen molar-refractivity contribution in [1.82, 2.24) is 24.8 Å². The van der Waals surface area contributed by atoms with Crippen molar-refractivity contribution in [2.75, 3.05) is 18.0 Å². The lowest BCUT2D eigenvalue weighted by molar-refractivity contribution is 0.299. The predicted octanol–water partition coefficient (Wildman–Crippen LogP) is 2.98. The van der Waals surface area contributed by atoms with Crippen LogP contribution in [0.1, 0.15) is 42.1 Å². The van der Waals surface area contributed by atoms with Gasteiger partial charge in [0, 0.05) is 56.7 Å². The number of benzene rings is 1. The number of rotatable bonds is 4. The molecule has 0 bridgehead atoms. The zero-order chi connectivity index (χ0) is 19.0. The normalized spacial score (nSPS) is 20.5. The molecule has 6 nitrogen and oxygen atoms in total. The molecule has 1 aliphatic heterocycles. The average molecular weight is 374 g/mol. The molecule has 3 aromatic rings. The maximum absolute atomic E-state index is 4.44. The Labute approximate surface area is 165 Å². The number of nitrogens with one attached hydrogen (secondary N) is 1. The van der Waals surface area contributed by atoms with E-state index in [1.807, 2.05) is 31.0 Å². The van der Waals surface area contributed by atoms with E-state index in [2.05, 4.69) is 61.0 Å². The SMILES string of the molecule is Cn1cncc1CNC1CC2(CCN(c3ncccn3)CC2)c2ccccc21. The van der Waals surface area contributed by atoms with E-state index < -0.39 is 0 Å². The number of piperidine rings is 1. The molecular formula is C22H26N6. The number of aryl methyl sites for hydroxylation is 1. The Morgan fingerprint density at radius 3 is 2.64 bits per heavy atom. The Morgan fingerprint density at radius 1 is 1.11 bits per heavy atom. The van der Waals surface area contributed by atoms with Crippen LogP contribution in [-0.2, 0) is 19.0 Å². The molecule has 1 atom stereocenters. The maximum Gasteiger partial charge on any atom is 0.225 e. The van der Waals surface area contributed by atoms with E-state index in [0.29, 0.717) is 6.04 Å². The lowest BCUT2D eigenvalue weighted by Crippen LogP contribution is -2.42. The van der Waals surface area contributed by atoms with Crippen LogP contribution in [0.2, 0.25) is 0 Å². The summed E-state index contributed by atoms with van der Waals surface area (Å²) in [6.45, 7) is 2.86. The van der Waals surface area contributed by atoms with Gasteiger partial charge in [-0.3, -0.25) is 0 Å². The van der Waals surface area contributed by atoms with Gasteiger partial charge in [-0.05, 0) is 36.5 Å². The van der Waals surface area contributed by atoms with Gasteiger partial charge in [0.1, 0.15) is 0 Å². The van der Waals surface area contributed by atoms with E-state index in [1.54, 1.807) is 0 Å². The summed E-state index contributed by atoms with van der Waals surface area (Å²) in [7, 11) is 2.05. The predicted molar refractivity (Wildman–Crippen MR) is 109 cm³/mol. The lowest BCUT2D eigenvalue weighted by Gasteiger charge is -2.40. The van der Waals surface area contributed by atoms with Crippen LogP contribution in [0, 0.1) is 0 Å². The largest absolute Gasteiger partial charge is 0.341 e. The van der Waals surface area contributed by atoms with Crippen LogP contribution in [-0.4, -0.2) is 32.6 Å². The van der Waals surface area contributed by atoms with Gasteiger partial charge < -0.3 is 14.8 Å². The molecule has 2 aromatic heterocycles. The smallest absolute Gasteiger partial charge is 0.225 e. The molecule has 1 aliphatic carbocycles. The molecule has 1 fully saturated rings. The second-order valence-corrected chi connectivity index (χ2v) is 8.04. The van der Waals surface area contributed by atoms with Gasteiger partial charge in [0.15, 0.2) is 0 Å². The molecule has 0 amide bonds. The number of nitrogens with zero attached hydrogens (tertiary/aromatic N) is 5. The molecule has 28 heavy (non-hydrogen) atoms. The summed E-state index contributed by atoms with van der Waals surface area (Å²) in [5.74, 6) is 0.856. The molecular weight excluding hydrogens is 348 g/mol. The van der Waals surface area contributed by atoms with E-state index >= 15 is 0 Å². The van der Waals surface area contributed by atoms with E-state index in [4.69, 9.17) is 0 Å². The molecule has 3 heterocycles. The highest BCUT2D eigenvalue weighted by atomic mass is 15.2. The van der Waals surface area contributed by atoms with Gasteiger partial charge in [-0.15, -0.1) is 0 Å². The first-order valence-corrected chi connectivity index (χ1v) is 10.1. The minimum Gasteiger partial charge on any atom is -0.341 e. The summed E-state index contributed by atoms with van der Waals surface area (Å²) in [5, 5.41) is 3.80. The molecule has 144 valence electrons. The molecule has 0 saturated carbocycles. The summed E-state index contributed by atoms with van der Waals surface area (Å²) in [4.78, 5) is 15.4. The topological polar surface area (TPSA) is 58.9 Å². The molecule has 1 saturated heterocycles. The summed E-state index contributed by atoms with van der Waals surface area (Å²) >= 11 is 0. The van der Waals surface area contributed by atoms with Crippen LogP contribution in [0.25, 0.3) is 0 Å². The van der Waals surface area contributed by atoms with Crippen molar-refractivity contribution in [3.8, 4) is 0 Å². The van der Waals surface area contributed by atoms with Crippen molar-refractivity contribution >= 4 is 5.95 Å². The first-order chi connectivity index (χ1) is 13.8. The second kappa shape index (κ2) is 7.02. The minimum absolute atomic E-state index is 0.256. The Morgan fingerprint density at radius 2 is 1.89 bits per heavy atom. The van der Waals surface area contributed by atoms with Crippen LogP contribution < -0.4 is 10.2 Å². The van der Waals surface area contributed by atoms with Crippen LogP contribution in [0.15, 0.2) is 55.2 Å². The number of hydrogen-bond donors (Lipinski definition) is 1. The van der Waals surface area contributed by atoms with E-state index in [1.165, 1.54) is 16.8 Å². The highest BCUT2D eigenvalue weighted by molar-refractivity contribution is 5.44. The van der Waals surface area contributed by atoms with Crippen molar-refractivity contribution in [1.29, 1.82) is 0 Å². The van der Waals surface area contributed by atoms with Gasteiger partial charge in [-0.25, -0.2) is 15.0 Å². The molecule has 1 N–H and O–H groups in total. The van der Waals surface area contributed by atoms with Crippen molar-refractivity contribution in [3.63, 3.8) is 0 Å². The molecule has 5 rings (SSSR count). The Kier molecular flexibility index (Phi) is 4.36. The van der Waals surface area contributed by atoms with Crippen molar-refractivity contribution in [3.05, 3.63) is 72.1 Å². The molecule has 0 radical (unpaired) electrons. The second-order valence-electron chi connectivity index (χ2n) is 8.04. The maximum atomic E-state index is 4.44. The minimum atomic E-state index is 0.256. The number of aromatic nitrogens is 4. The Bertz CT molecular complexity index is 942. The zero-order valence-electron chi connectivity index (χ0n) is 16.3. The third-order valence-electron chi connectivity index (χ3n) is 6.50. The number of hydrogen-bond acceptors (Lipinski definition) is 5. The summed E-state index contributed by atoms with van der Waals surface area (Å²) in [5.41, 5.74) is 4.47. The summed E-state index contributed by atoms with van der Waals surface area (Å²) in [6, 6.07) is 11.3. The standard InChI is InChI=1S/C22H26N6/c1-27-16-23-14-17(27)15-26-20-13-22(19-6-3-2-5-18(19)20)7-11-28(12-8-22)21-24-9-4-10-25-21/h2-6,9-10,14,16,20,26H,7-8,11-13,15H2,1H3. The molecule has 1 aromatic carbocycles. The Balaban J connectivity index is 1.34. The van der Waals surface area contributed by atoms with E-state index in [9.17, 15) is 0 Å². The molecule has 6 heteroatoms. The highest BCUT2D eigenvalue weighted by Gasteiger charge is 2.45. The van der Waals surface area contributed by atoms with Gasteiger partial charge in [-0.2, -0.15) is 0 Å². The fraction of sp³-hybridized carbons (Fsp3) is 0.409. The van der Waals surface area contributed by atoms with Crippen LogP contribution in [0.3, 0.4) is 0 Å². The summed E-state index contributed by atoms with van der Waals surface area (Å²) < 4.78 is 2.09. The van der Waals surface area contributed by atoms with Gasteiger partial charge >= 0.3 is 0 Å². The Hall–Kier alpha value is -2.73. The first-order valence-electron chi connectivity index (χ1n) is 10.1. The summed E-state index contributed by atoms with van der Waals surface area (Å²) in [6.07, 6.45) is 10.9. The highest BCUT2D eigenvalue weighted by Crippen LogP contribution is 2.50. The van der Waals surface area contributed by atoms with Crippen molar-refractivity contribution in [2.24, 2.45) is 7.05 Å². The monoisotopic (exact) mass is 374 g/mol. The van der Waals surface area contributed by atoms with Crippen LogP contribution in [0.5, 0.6) is 0 Å². The van der Waals surface area contributed by atoms with Crippen LogP contribution in [0.4, 0.5) is 5.95 Å². The van der Waals surface area contributed by atoms with Gasteiger partial charge in [0.2, 0.25) is 5.95 Å². The number of anilines is 1. The van der Waals surface area contributed by atoms with Crippen LogP contribution >= 0.6 is 0 Å². The fourth-order valence-corrected chi connectivity index (χ4v) is 4.92. The number of fused-ring (bicyclic) bond motifs is 2. The number of imidazole rings is 1. The fourth-order valence-electron chi connectivity index (χ4n) is 4.92. The molecule has 2 aliphatic rings. The molecule has 1 spiro atoms. The van der Waals surface area contributed by atoms with Crippen molar-refractivity contribution < 1.29 is 0 Å². The van der Waals surface area contributed by atoms with Gasteiger partial charge in [0.05, 0.1) is 12.0 Å². The van der Waals surface area contributed by atoms with Crippen molar-refractivity contribution in [2.45, 2.75) is 37.3 Å². The quantitative estimate of drug-likeness (QED) is 0.761. The van der Waals surface area contributed by atoms with Gasteiger partial charge in [-0.1, -0.05) is 24.3 Å². The third-order valence-corrected chi connectivity index (χ3v) is 6.50. The zero-order valence-corrected chi connectivity index (χ0v) is 16.3. The average Bonchev–Trinajstić information content (AvgIpc) is 3.29. The molecule has 1 unspecified atom stereocenters. The van der Waals surface area contributed by atoms with E-state index in [0.717, 1.165) is 44.8 Å². The lowest BCUT2D eigenvalue weighted by atomic mass is 9.73.